The molecule has 0 fully saturated rings. The minimum atomic E-state index is -1.88. The zero-order valence-corrected chi connectivity index (χ0v) is 22.2. The summed E-state index contributed by atoms with van der Waals surface area (Å²) in [6.07, 6.45) is 3.35. The molecule has 0 saturated heterocycles. The Bertz CT molecular complexity index is 983. The molecule has 6 heteroatoms. The zero-order chi connectivity index (χ0) is 24.2. The molecule has 1 N–H and O–H groups in total. The van der Waals surface area contributed by atoms with E-state index in [1.165, 1.54) is 0 Å². The average Bonchev–Trinajstić information content (AvgIpc) is 2.67. The van der Waals surface area contributed by atoms with Crippen molar-refractivity contribution in [1.29, 1.82) is 0 Å². The summed E-state index contributed by atoms with van der Waals surface area (Å²) in [5.41, 5.74) is 1.06. The fourth-order valence-electron chi connectivity index (χ4n) is 2.37. The first kappa shape index (κ1) is 25.9. The van der Waals surface area contributed by atoms with Crippen LogP contribution in [0.25, 0.3) is 6.08 Å². The molecule has 0 atom stereocenters. The van der Waals surface area contributed by atoms with Crippen molar-refractivity contribution >= 4 is 42.9 Å². The van der Waals surface area contributed by atoms with Gasteiger partial charge in [0.05, 0.1) is 5.69 Å². The smallest absolute Gasteiger partial charge is 0.250 e. The van der Waals surface area contributed by atoms with Crippen LogP contribution in [0.3, 0.4) is 0 Å². The summed E-state index contributed by atoms with van der Waals surface area (Å²) < 4.78 is 6.30. The summed E-state index contributed by atoms with van der Waals surface area (Å²) in [7, 11) is -1.88. The molecule has 0 aromatic heterocycles. The van der Waals surface area contributed by atoms with Gasteiger partial charge in [-0.25, -0.2) is 0 Å². The van der Waals surface area contributed by atoms with Gasteiger partial charge in [0.2, 0.25) is 19.3 Å². The van der Waals surface area contributed by atoms with Gasteiger partial charge in [0, 0.05) is 10.3 Å². The van der Waals surface area contributed by atoms with Crippen molar-refractivity contribution in [2.24, 2.45) is 5.41 Å². The van der Waals surface area contributed by atoms with Crippen LogP contribution in [0.2, 0.25) is 18.1 Å². The molecule has 32 heavy (non-hydrogen) atoms. The van der Waals surface area contributed by atoms with Crippen LogP contribution in [0.15, 0.2) is 59.5 Å². The number of para-hydroxylation sites is 1. The lowest BCUT2D eigenvalue weighted by Crippen LogP contribution is -2.43. The highest BCUT2D eigenvalue weighted by Crippen LogP contribution is 2.37. The molecule has 4 nitrogen and oxygen atoms in total. The van der Waals surface area contributed by atoms with E-state index in [1.807, 2.05) is 69.3 Å². The fourth-order valence-corrected chi connectivity index (χ4v) is 4.13. The van der Waals surface area contributed by atoms with Crippen molar-refractivity contribution in [3.63, 3.8) is 0 Å². The van der Waals surface area contributed by atoms with Gasteiger partial charge in [-0.2, -0.15) is 0 Å². The molecule has 0 aliphatic heterocycles. The number of carbonyl (C=O) groups excluding carboxylic acids is 2. The molecule has 2 rings (SSSR count). The van der Waals surface area contributed by atoms with Crippen LogP contribution in [0, 0.1) is 5.41 Å². The lowest BCUT2D eigenvalue weighted by Gasteiger charge is -2.36. The molecule has 172 valence electrons. The molecule has 2 aromatic rings. The maximum absolute atomic E-state index is 12.5. The Labute approximate surface area is 198 Å². The minimum absolute atomic E-state index is 0.0893. The van der Waals surface area contributed by atoms with Crippen LogP contribution in [0.5, 0.6) is 5.75 Å². The molecule has 0 radical (unpaired) electrons. The molecule has 0 heterocycles. The van der Waals surface area contributed by atoms with E-state index in [1.54, 1.807) is 12.2 Å². The molecule has 0 saturated carbocycles. The average molecular weight is 470 g/mol. The van der Waals surface area contributed by atoms with Gasteiger partial charge in [-0.1, -0.05) is 71.9 Å². The first-order valence-corrected chi connectivity index (χ1v) is 14.5. The van der Waals surface area contributed by atoms with Crippen molar-refractivity contribution in [2.75, 3.05) is 5.32 Å². The van der Waals surface area contributed by atoms with Gasteiger partial charge in [0.15, 0.2) is 0 Å². The highest BCUT2D eigenvalue weighted by Gasteiger charge is 2.38. The third-order valence-electron chi connectivity index (χ3n) is 5.50. The number of amides is 1. The molecule has 0 aliphatic carbocycles. The Kier molecular flexibility index (Phi) is 8.18. The molecule has 0 aliphatic rings. The number of benzene rings is 2. The SMILES string of the molecule is CC(C)(C)C(=O)Nc1ccccc1SC(=O)/C=C/c1ccc(O[Si](C)(C)C(C)(C)C)cc1. The van der Waals surface area contributed by atoms with E-state index in [0.29, 0.717) is 5.69 Å². The highest BCUT2D eigenvalue weighted by atomic mass is 32.2. The predicted octanol–water partition coefficient (Wildman–Crippen LogP) is 7.39. The van der Waals surface area contributed by atoms with Gasteiger partial charge < -0.3 is 9.74 Å². The number of hydrogen-bond acceptors (Lipinski definition) is 4. The normalized spacial score (nSPS) is 12.6. The van der Waals surface area contributed by atoms with Gasteiger partial charge in [-0.05, 0) is 65.8 Å². The van der Waals surface area contributed by atoms with Gasteiger partial charge >= 0.3 is 0 Å². The van der Waals surface area contributed by atoms with Gasteiger partial charge in [-0.15, -0.1) is 0 Å². The number of thioether (sulfide) groups is 1. The summed E-state index contributed by atoms with van der Waals surface area (Å²) in [6, 6.07) is 15.2. The van der Waals surface area contributed by atoms with E-state index < -0.39 is 13.7 Å². The molecule has 1 amide bonds. The first-order chi connectivity index (χ1) is 14.7. The second-order valence-corrected chi connectivity index (χ2v) is 16.2. The van der Waals surface area contributed by atoms with Crippen LogP contribution in [-0.2, 0) is 9.59 Å². The Balaban J connectivity index is 2.04. The van der Waals surface area contributed by atoms with Crippen LogP contribution >= 0.6 is 11.8 Å². The largest absolute Gasteiger partial charge is 0.544 e. The van der Waals surface area contributed by atoms with Gasteiger partial charge in [-0.3, -0.25) is 9.59 Å². The molecule has 0 spiro atoms. The summed E-state index contributed by atoms with van der Waals surface area (Å²) in [5, 5.41) is 2.95. The van der Waals surface area contributed by atoms with E-state index in [2.05, 4.69) is 39.2 Å². The van der Waals surface area contributed by atoms with Crippen molar-refractivity contribution in [2.45, 2.75) is 64.6 Å². The number of anilines is 1. The lowest BCUT2D eigenvalue weighted by molar-refractivity contribution is -0.123. The van der Waals surface area contributed by atoms with E-state index in [9.17, 15) is 9.59 Å². The van der Waals surface area contributed by atoms with Crippen LogP contribution < -0.4 is 9.74 Å². The summed E-state index contributed by atoms with van der Waals surface area (Å²) in [6.45, 7) is 16.7. The number of nitrogens with one attached hydrogen (secondary N) is 1. The molecular formula is C26H35NO3SSi. The third kappa shape index (κ3) is 7.38. The predicted molar refractivity (Wildman–Crippen MR) is 139 cm³/mol. The fraction of sp³-hybridized carbons (Fsp3) is 0.385. The molecular weight excluding hydrogens is 434 g/mol. The van der Waals surface area contributed by atoms with Gasteiger partial charge in [0.1, 0.15) is 5.75 Å². The van der Waals surface area contributed by atoms with Crippen molar-refractivity contribution in [3.8, 4) is 5.75 Å². The van der Waals surface area contributed by atoms with Crippen LogP contribution in [0.4, 0.5) is 5.69 Å². The molecule has 0 unspecified atom stereocenters. The summed E-state index contributed by atoms with van der Waals surface area (Å²) >= 11 is 1.10. The Morgan fingerprint density at radius 3 is 2.09 bits per heavy atom. The van der Waals surface area contributed by atoms with Crippen LogP contribution in [0.1, 0.15) is 47.1 Å². The Morgan fingerprint density at radius 2 is 1.53 bits per heavy atom. The van der Waals surface area contributed by atoms with E-state index in [0.717, 1.165) is 28.0 Å². The zero-order valence-electron chi connectivity index (χ0n) is 20.4. The molecule has 0 bridgehead atoms. The number of rotatable bonds is 6. The maximum Gasteiger partial charge on any atom is 0.250 e. The van der Waals surface area contributed by atoms with E-state index in [4.69, 9.17) is 4.43 Å². The summed E-state index contributed by atoms with van der Waals surface area (Å²) in [4.78, 5) is 25.6. The summed E-state index contributed by atoms with van der Waals surface area (Å²) in [5.74, 6) is 0.770. The lowest BCUT2D eigenvalue weighted by atomic mass is 9.95. The van der Waals surface area contributed by atoms with Crippen molar-refractivity contribution in [3.05, 3.63) is 60.2 Å². The standard InChI is InChI=1S/C26H35NO3SSi/c1-25(2,3)24(29)27-21-11-9-10-12-22(21)31-23(28)18-15-19-13-16-20(17-14-19)30-32(7,8)26(4,5)6/h9-18H,1-8H3,(H,27,29)/b18-15+. The van der Waals surface area contributed by atoms with E-state index in [-0.39, 0.29) is 16.1 Å². The number of carbonyl (C=O) groups is 2. The van der Waals surface area contributed by atoms with Crippen molar-refractivity contribution in [1.82, 2.24) is 0 Å². The van der Waals surface area contributed by atoms with Gasteiger partial charge in [0.25, 0.3) is 0 Å². The van der Waals surface area contributed by atoms with Crippen LogP contribution in [-0.4, -0.2) is 19.3 Å². The number of hydrogen-bond donors (Lipinski definition) is 1. The monoisotopic (exact) mass is 469 g/mol. The van der Waals surface area contributed by atoms with Crippen molar-refractivity contribution < 1.29 is 14.0 Å². The minimum Gasteiger partial charge on any atom is -0.544 e. The third-order valence-corrected chi connectivity index (χ3v) is 10.8. The van der Waals surface area contributed by atoms with E-state index >= 15 is 0 Å². The molecule has 2 aromatic carbocycles. The Hall–Kier alpha value is -2.31. The quantitative estimate of drug-likeness (QED) is 0.272. The Morgan fingerprint density at radius 1 is 0.938 bits per heavy atom. The topological polar surface area (TPSA) is 55.4 Å². The maximum atomic E-state index is 12.5. The first-order valence-electron chi connectivity index (χ1n) is 10.8. The highest BCUT2D eigenvalue weighted by molar-refractivity contribution is 8.14. The second kappa shape index (κ2) is 10.1. The second-order valence-electron chi connectivity index (χ2n) is 10.4.